The summed E-state index contributed by atoms with van der Waals surface area (Å²) < 4.78 is 0. The molecular formula is C14H23N3O3S. The first kappa shape index (κ1) is 17.7. The van der Waals surface area contributed by atoms with Crippen LogP contribution in [0.4, 0.5) is 0 Å². The number of aromatic amines is 1. The van der Waals surface area contributed by atoms with Crippen molar-refractivity contribution in [3.8, 4) is 0 Å². The number of aromatic nitrogens is 2. The number of H-pyrrole nitrogens is 1. The van der Waals surface area contributed by atoms with Crippen molar-refractivity contribution in [2.24, 2.45) is 0 Å². The predicted molar refractivity (Wildman–Crippen MR) is 83.9 cm³/mol. The average molecular weight is 313 g/mol. The molecule has 0 spiro atoms. The highest BCUT2D eigenvalue weighted by Gasteiger charge is 2.32. The summed E-state index contributed by atoms with van der Waals surface area (Å²) in [6, 6.07) is 1.49. The van der Waals surface area contributed by atoms with Gasteiger partial charge in [0.25, 0.3) is 5.56 Å². The third-order valence-corrected chi connectivity index (χ3v) is 4.20. The van der Waals surface area contributed by atoms with Crippen molar-refractivity contribution in [2.45, 2.75) is 50.7 Å². The second-order valence-electron chi connectivity index (χ2n) is 5.14. The summed E-state index contributed by atoms with van der Waals surface area (Å²) in [7, 11) is 0. The topological polar surface area (TPSA) is 95.1 Å². The van der Waals surface area contributed by atoms with Gasteiger partial charge in [-0.05, 0) is 26.3 Å². The highest BCUT2D eigenvalue weighted by Crippen LogP contribution is 2.19. The van der Waals surface area contributed by atoms with Crippen LogP contribution in [-0.4, -0.2) is 38.9 Å². The fourth-order valence-corrected chi connectivity index (χ4v) is 2.74. The van der Waals surface area contributed by atoms with Gasteiger partial charge in [0.05, 0.1) is 0 Å². The van der Waals surface area contributed by atoms with Gasteiger partial charge in [-0.25, -0.2) is 4.98 Å². The van der Waals surface area contributed by atoms with Crippen LogP contribution in [0.2, 0.25) is 0 Å². The van der Waals surface area contributed by atoms with Gasteiger partial charge in [-0.3, -0.25) is 9.59 Å². The molecule has 0 amide bonds. The van der Waals surface area contributed by atoms with Gasteiger partial charge in [0.2, 0.25) is 0 Å². The van der Waals surface area contributed by atoms with Gasteiger partial charge in [0.1, 0.15) is 5.54 Å². The Morgan fingerprint density at radius 1 is 1.48 bits per heavy atom. The first-order valence-corrected chi connectivity index (χ1v) is 8.11. The van der Waals surface area contributed by atoms with Crippen molar-refractivity contribution in [3.63, 3.8) is 0 Å². The number of hydrogen-bond donors (Lipinski definition) is 3. The third-order valence-electron chi connectivity index (χ3n) is 3.01. The number of aryl methyl sites for hydroxylation is 1. The normalized spacial score (nSPS) is 13.9. The van der Waals surface area contributed by atoms with Crippen LogP contribution in [0.3, 0.4) is 0 Å². The van der Waals surface area contributed by atoms with Crippen LogP contribution in [0.5, 0.6) is 0 Å². The molecule has 1 atom stereocenters. The summed E-state index contributed by atoms with van der Waals surface area (Å²) in [6.45, 7) is 6.27. The van der Waals surface area contributed by atoms with Crippen LogP contribution < -0.4 is 10.9 Å². The summed E-state index contributed by atoms with van der Waals surface area (Å²) in [5.74, 6) is -0.614. The van der Waals surface area contributed by atoms with Crippen molar-refractivity contribution in [2.75, 3.05) is 12.3 Å². The molecule has 7 heteroatoms. The number of rotatable bonds is 9. The molecule has 3 N–H and O–H groups in total. The summed E-state index contributed by atoms with van der Waals surface area (Å²) in [6.07, 6.45) is 2.50. The molecule has 6 nitrogen and oxygen atoms in total. The van der Waals surface area contributed by atoms with Gasteiger partial charge >= 0.3 is 5.97 Å². The molecule has 0 radical (unpaired) electrons. The minimum atomic E-state index is -1.04. The minimum Gasteiger partial charge on any atom is -0.480 e. The Morgan fingerprint density at radius 2 is 2.19 bits per heavy atom. The van der Waals surface area contributed by atoms with Crippen LogP contribution >= 0.6 is 11.8 Å². The van der Waals surface area contributed by atoms with Crippen molar-refractivity contribution in [3.05, 3.63) is 22.1 Å². The number of nitrogens with one attached hydrogen (secondary N) is 2. The molecule has 1 aromatic heterocycles. The van der Waals surface area contributed by atoms with E-state index in [9.17, 15) is 14.7 Å². The summed E-state index contributed by atoms with van der Waals surface area (Å²) in [4.78, 5) is 30.0. The fourth-order valence-electron chi connectivity index (χ4n) is 1.74. The van der Waals surface area contributed by atoms with E-state index in [4.69, 9.17) is 0 Å². The Bertz CT molecular complexity index is 532. The minimum absolute atomic E-state index is 0.200. The maximum Gasteiger partial charge on any atom is 0.324 e. The van der Waals surface area contributed by atoms with E-state index < -0.39 is 11.5 Å². The van der Waals surface area contributed by atoms with Crippen LogP contribution in [0.1, 0.15) is 39.3 Å². The highest BCUT2D eigenvalue weighted by molar-refractivity contribution is 7.99. The molecule has 0 bridgehead atoms. The molecule has 0 aliphatic rings. The van der Waals surface area contributed by atoms with Crippen LogP contribution in [-0.2, 0) is 11.2 Å². The molecule has 0 aliphatic heterocycles. The van der Waals surface area contributed by atoms with E-state index in [1.165, 1.54) is 17.8 Å². The standard InChI is InChI=1S/C14H23N3O3S/c1-4-6-10-8-11(18)17-13(16-10)21-9-14(3,12(19)20)15-7-5-2/h8,15H,4-7,9H2,1-3H3,(H,19,20)(H,16,17,18). The lowest BCUT2D eigenvalue weighted by Gasteiger charge is -2.25. The van der Waals surface area contributed by atoms with Crippen LogP contribution in [0.25, 0.3) is 0 Å². The molecule has 0 saturated heterocycles. The second kappa shape index (κ2) is 8.19. The number of carbonyl (C=O) groups is 1. The average Bonchev–Trinajstić information content (AvgIpc) is 2.42. The highest BCUT2D eigenvalue weighted by atomic mass is 32.2. The van der Waals surface area contributed by atoms with E-state index in [0.29, 0.717) is 17.5 Å². The number of carboxylic acids is 1. The van der Waals surface area contributed by atoms with Gasteiger partial charge in [0.15, 0.2) is 5.16 Å². The maximum atomic E-state index is 11.6. The molecule has 1 rings (SSSR count). The molecule has 1 aromatic rings. The quantitative estimate of drug-likeness (QED) is 0.474. The number of hydrogen-bond acceptors (Lipinski definition) is 5. The van der Waals surface area contributed by atoms with E-state index in [1.807, 2.05) is 13.8 Å². The Kier molecular flexibility index (Phi) is 6.91. The molecule has 0 aromatic carbocycles. The van der Waals surface area contributed by atoms with Gasteiger partial charge in [0, 0.05) is 17.5 Å². The molecule has 0 saturated carbocycles. The monoisotopic (exact) mass is 313 g/mol. The smallest absolute Gasteiger partial charge is 0.324 e. The van der Waals surface area contributed by atoms with Crippen molar-refractivity contribution >= 4 is 17.7 Å². The van der Waals surface area contributed by atoms with E-state index in [1.54, 1.807) is 6.92 Å². The Morgan fingerprint density at radius 3 is 2.76 bits per heavy atom. The fraction of sp³-hybridized carbons (Fsp3) is 0.643. The van der Waals surface area contributed by atoms with E-state index in [2.05, 4.69) is 15.3 Å². The number of aliphatic carboxylic acids is 1. The first-order chi connectivity index (χ1) is 9.91. The van der Waals surface area contributed by atoms with E-state index >= 15 is 0 Å². The summed E-state index contributed by atoms with van der Waals surface area (Å²) in [5, 5.41) is 12.9. The molecule has 118 valence electrons. The van der Waals surface area contributed by atoms with E-state index in [-0.39, 0.29) is 5.56 Å². The lowest BCUT2D eigenvalue weighted by molar-refractivity contribution is -0.143. The lowest BCUT2D eigenvalue weighted by Crippen LogP contribution is -2.52. The Balaban J connectivity index is 2.80. The maximum absolute atomic E-state index is 11.6. The zero-order chi connectivity index (χ0) is 15.9. The number of thioether (sulfide) groups is 1. The van der Waals surface area contributed by atoms with Crippen molar-refractivity contribution in [1.29, 1.82) is 0 Å². The zero-order valence-electron chi connectivity index (χ0n) is 12.7. The van der Waals surface area contributed by atoms with Gasteiger partial charge in [-0.2, -0.15) is 0 Å². The Labute approximate surface area is 128 Å². The van der Waals surface area contributed by atoms with Crippen LogP contribution in [0.15, 0.2) is 16.0 Å². The predicted octanol–water partition coefficient (Wildman–Crippen LogP) is 1.66. The summed E-state index contributed by atoms with van der Waals surface area (Å²) in [5.41, 5.74) is -0.503. The molecule has 1 unspecified atom stereocenters. The van der Waals surface area contributed by atoms with Crippen molar-refractivity contribution < 1.29 is 9.90 Å². The van der Waals surface area contributed by atoms with Gasteiger partial charge in [-0.15, -0.1) is 0 Å². The van der Waals surface area contributed by atoms with Gasteiger partial charge < -0.3 is 15.4 Å². The molecule has 0 aliphatic carbocycles. The van der Waals surface area contributed by atoms with Gasteiger partial charge in [-0.1, -0.05) is 32.0 Å². The number of carboxylic acid groups (broad SMARTS) is 1. The lowest BCUT2D eigenvalue weighted by atomic mass is 10.1. The first-order valence-electron chi connectivity index (χ1n) is 7.12. The summed E-state index contributed by atoms with van der Waals surface area (Å²) >= 11 is 1.25. The Hall–Kier alpha value is -1.34. The van der Waals surface area contributed by atoms with Crippen molar-refractivity contribution in [1.82, 2.24) is 15.3 Å². The van der Waals surface area contributed by atoms with Crippen LogP contribution in [0, 0.1) is 0 Å². The molecule has 1 heterocycles. The molecular weight excluding hydrogens is 290 g/mol. The van der Waals surface area contributed by atoms with E-state index in [0.717, 1.165) is 25.0 Å². The largest absolute Gasteiger partial charge is 0.480 e. The third kappa shape index (κ3) is 5.51. The molecule has 21 heavy (non-hydrogen) atoms. The SMILES string of the molecule is CCCNC(C)(CSc1nc(CCC)cc(=O)[nH]1)C(=O)O. The second-order valence-corrected chi connectivity index (χ2v) is 6.11. The zero-order valence-corrected chi connectivity index (χ0v) is 13.5. The molecule has 0 fully saturated rings. The number of nitrogens with zero attached hydrogens (tertiary/aromatic N) is 1.